The van der Waals surface area contributed by atoms with E-state index in [2.05, 4.69) is 20.1 Å². The van der Waals surface area contributed by atoms with Gasteiger partial charge in [-0.3, -0.25) is 14.2 Å². The van der Waals surface area contributed by atoms with E-state index < -0.39 is 23.5 Å². The summed E-state index contributed by atoms with van der Waals surface area (Å²) in [6.45, 7) is 0.260. The number of aliphatic hydroxyl groups is 1. The molecule has 36 heavy (non-hydrogen) atoms. The van der Waals surface area contributed by atoms with Crippen molar-refractivity contribution < 1.29 is 23.1 Å². The number of para-hydroxylation sites is 1. The molecule has 5 rings (SSSR count). The Kier molecular flexibility index (Phi) is 5.79. The first-order chi connectivity index (χ1) is 17.1. The summed E-state index contributed by atoms with van der Waals surface area (Å²) in [5, 5.41) is 15.7. The number of carbonyl (C=O) groups excluding carboxylic acids is 1. The maximum absolute atomic E-state index is 13.0. The normalized spacial score (nSPS) is 15.8. The molecule has 1 aliphatic heterocycles. The van der Waals surface area contributed by atoms with Crippen LogP contribution in [-0.2, 0) is 12.7 Å². The predicted octanol–water partition coefficient (Wildman–Crippen LogP) is 2.06. The average molecular weight is 499 g/mol. The molecule has 1 aromatic carbocycles. The summed E-state index contributed by atoms with van der Waals surface area (Å²) in [6.07, 6.45) is 0.109. The lowest BCUT2D eigenvalue weighted by Crippen LogP contribution is -2.49. The van der Waals surface area contributed by atoms with Crippen LogP contribution in [0.2, 0.25) is 0 Å². The summed E-state index contributed by atoms with van der Waals surface area (Å²) in [5.74, 6) is -1.85. The SMILES string of the molecule is O=C(c1cnc(C(F)(F)F)nc1)N1CCC(O)(Cn2cnc3c(cnn3-c3ccccc3)c2=O)CC1. The molecule has 3 aromatic heterocycles. The Morgan fingerprint density at radius 3 is 2.33 bits per heavy atom. The molecule has 13 heteroatoms. The van der Waals surface area contributed by atoms with Crippen molar-refractivity contribution in [3.05, 3.63) is 77.0 Å². The summed E-state index contributed by atoms with van der Waals surface area (Å²) in [7, 11) is 0. The van der Waals surface area contributed by atoms with E-state index in [9.17, 15) is 27.9 Å². The van der Waals surface area contributed by atoms with Crippen LogP contribution in [0.15, 0.2) is 60.0 Å². The molecule has 1 fully saturated rings. The first-order valence-corrected chi connectivity index (χ1v) is 11.0. The van der Waals surface area contributed by atoms with Crippen molar-refractivity contribution in [2.24, 2.45) is 0 Å². The molecule has 0 aliphatic carbocycles. The summed E-state index contributed by atoms with van der Waals surface area (Å²) >= 11 is 0. The summed E-state index contributed by atoms with van der Waals surface area (Å²) < 4.78 is 40.8. The highest BCUT2D eigenvalue weighted by atomic mass is 19.4. The molecule has 0 radical (unpaired) electrons. The van der Waals surface area contributed by atoms with Crippen LogP contribution in [0.5, 0.6) is 0 Å². The van der Waals surface area contributed by atoms with Gasteiger partial charge in [0.2, 0.25) is 5.82 Å². The number of carbonyl (C=O) groups is 1. The van der Waals surface area contributed by atoms with Crippen LogP contribution in [0.4, 0.5) is 13.2 Å². The Hall–Kier alpha value is -4.13. The van der Waals surface area contributed by atoms with Gasteiger partial charge in [0.15, 0.2) is 5.65 Å². The highest BCUT2D eigenvalue weighted by Gasteiger charge is 2.37. The highest BCUT2D eigenvalue weighted by Crippen LogP contribution is 2.27. The van der Waals surface area contributed by atoms with E-state index in [0.29, 0.717) is 11.0 Å². The molecule has 0 saturated carbocycles. The smallest absolute Gasteiger partial charge is 0.388 e. The molecule has 1 aliphatic rings. The molecule has 10 nitrogen and oxygen atoms in total. The molecule has 4 heterocycles. The molecule has 186 valence electrons. The average Bonchev–Trinajstić information content (AvgIpc) is 3.31. The third kappa shape index (κ3) is 4.44. The van der Waals surface area contributed by atoms with Crippen molar-refractivity contribution in [3.8, 4) is 5.69 Å². The van der Waals surface area contributed by atoms with Gasteiger partial charge < -0.3 is 10.0 Å². The number of likely N-dealkylation sites (tertiary alicyclic amines) is 1. The lowest BCUT2D eigenvalue weighted by molar-refractivity contribution is -0.145. The minimum absolute atomic E-state index is 0.0310. The van der Waals surface area contributed by atoms with E-state index in [4.69, 9.17) is 0 Å². The zero-order chi connectivity index (χ0) is 25.5. The number of rotatable bonds is 4. The van der Waals surface area contributed by atoms with Crippen LogP contribution in [0, 0.1) is 0 Å². The zero-order valence-corrected chi connectivity index (χ0v) is 18.8. The van der Waals surface area contributed by atoms with Gasteiger partial charge in [-0.25, -0.2) is 19.6 Å². The second kappa shape index (κ2) is 8.82. The Morgan fingerprint density at radius 2 is 1.69 bits per heavy atom. The van der Waals surface area contributed by atoms with Crippen molar-refractivity contribution in [1.82, 2.24) is 34.2 Å². The largest absolute Gasteiger partial charge is 0.451 e. The van der Waals surface area contributed by atoms with Gasteiger partial charge in [-0.15, -0.1) is 0 Å². The van der Waals surface area contributed by atoms with Gasteiger partial charge in [-0.1, -0.05) is 18.2 Å². The van der Waals surface area contributed by atoms with Crippen molar-refractivity contribution in [2.75, 3.05) is 13.1 Å². The topological polar surface area (TPSA) is 119 Å². The van der Waals surface area contributed by atoms with Gasteiger partial charge >= 0.3 is 6.18 Å². The quantitative estimate of drug-likeness (QED) is 0.457. The van der Waals surface area contributed by atoms with E-state index in [1.165, 1.54) is 22.0 Å². The Bertz CT molecular complexity index is 1460. The van der Waals surface area contributed by atoms with E-state index >= 15 is 0 Å². The Balaban J connectivity index is 1.28. The number of hydrogen-bond acceptors (Lipinski definition) is 7. The van der Waals surface area contributed by atoms with Gasteiger partial charge in [0.1, 0.15) is 11.7 Å². The van der Waals surface area contributed by atoms with Gasteiger partial charge in [0.25, 0.3) is 11.5 Å². The van der Waals surface area contributed by atoms with Crippen LogP contribution in [0.3, 0.4) is 0 Å². The second-order valence-electron chi connectivity index (χ2n) is 8.62. The molecular weight excluding hydrogens is 479 g/mol. The number of fused-ring (bicyclic) bond motifs is 1. The molecule has 0 atom stereocenters. The number of amides is 1. The summed E-state index contributed by atoms with van der Waals surface area (Å²) in [5.41, 5.74) is -0.548. The molecule has 1 saturated heterocycles. The third-order valence-electron chi connectivity index (χ3n) is 6.15. The predicted molar refractivity (Wildman–Crippen MR) is 120 cm³/mol. The van der Waals surface area contributed by atoms with Crippen molar-refractivity contribution in [1.29, 1.82) is 0 Å². The molecule has 4 aromatic rings. The van der Waals surface area contributed by atoms with Crippen LogP contribution < -0.4 is 5.56 Å². The van der Waals surface area contributed by atoms with Gasteiger partial charge in [0.05, 0.1) is 29.6 Å². The first-order valence-electron chi connectivity index (χ1n) is 11.0. The minimum atomic E-state index is -4.70. The van der Waals surface area contributed by atoms with Crippen molar-refractivity contribution in [3.63, 3.8) is 0 Å². The summed E-state index contributed by atoms with van der Waals surface area (Å²) in [6, 6.07) is 9.25. The fourth-order valence-electron chi connectivity index (χ4n) is 4.19. The number of alkyl halides is 3. The number of hydrogen-bond donors (Lipinski definition) is 1. The number of benzene rings is 1. The van der Waals surface area contributed by atoms with Crippen LogP contribution in [0.1, 0.15) is 29.0 Å². The van der Waals surface area contributed by atoms with Gasteiger partial charge in [0, 0.05) is 25.5 Å². The number of halogens is 3. The van der Waals surface area contributed by atoms with Crippen LogP contribution in [-0.4, -0.2) is 63.9 Å². The molecule has 1 N–H and O–H groups in total. The molecule has 1 amide bonds. The van der Waals surface area contributed by atoms with E-state index in [1.54, 1.807) is 4.68 Å². The van der Waals surface area contributed by atoms with Crippen molar-refractivity contribution >= 4 is 16.9 Å². The lowest BCUT2D eigenvalue weighted by Gasteiger charge is -2.38. The van der Waals surface area contributed by atoms with Crippen molar-refractivity contribution in [2.45, 2.75) is 31.2 Å². The van der Waals surface area contributed by atoms with E-state index in [0.717, 1.165) is 18.1 Å². The Labute approximate surface area is 201 Å². The van der Waals surface area contributed by atoms with E-state index in [1.807, 2.05) is 30.3 Å². The highest BCUT2D eigenvalue weighted by molar-refractivity contribution is 5.93. The molecule has 0 unspecified atom stereocenters. The lowest BCUT2D eigenvalue weighted by atomic mass is 9.91. The third-order valence-corrected chi connectivity index (χ3v) is 6.15. The van der Waals surface area contributed by atoms with Crippen LogP contribution in [0.25, 0.3) is 16.7 Å². The van der Waals surface area contributed by atoms with E-state index in [-0.39, 0.29) is 43.6 Å². The van der Waals surface area contributed by atoms with Gasteiger partial charge in [-0.05, 0) is 25.0 Å². The molecule has 0 bridgehead atoms. The summed E-state index contributed by atoms with van der Waals surface area (Å²) in [4.78, 5) is 37.9. The van der Waals surface area contributed by atoms with Gasteiger partial charge in [-0.2, -0.15) is 18.3 Å². The fraction of sp³-hybridized carbons (Fsp3) is 0.304. The zero-order valence-electron chi connectivity index (χ0n) is 18.8. The number of nitrogens with zero attached hydrogens (tertiary/aromatic N) is 7. The molecule has 0 spiro atoms. The standard InChI is InChI=1S/C23H20F3N7O3/c24-23(25,26)21-27-10-15(11-28-21)19(34)31-8-6-22(36,7-9-31)13-32-14-29-18-17(20(32)35)12-30-33(18)16-4-2-1-3-5-16/h1-5,10-12,14,36H,6-9,13H2. The van der Waals surface area contributed by atoms with Crippen LogP contribution >= 0.6 is 0 Å². The maximum atomic E-state index is 13.0. The second-order valence-corrected chi connectivity index (χ2v) is 8.62. The molecular formula is C23H20F3N7O3. The monoisotopic (exact) mass is 499 g/mol. The first kappa shape index (κ1) is 23.6. The Morgan fingerprint density at radius 1 is 1.03 bits per heavy atom. The number of piperidine rings is 1. The fourth-order valence-corrected chi connectivity index (χ4v) is 4.19. The maximum Gasteiger partial charge on any atom is 0.451 e. The minimum Gasteiger partial charge on any atom is -0.388 e. The number of aromatic nitrogens is 6.